The first-order valence-electron chi connectivity index (χ1n) is 12.3. The summed E-state index contributed by atoms with van der Waals surface area (Å²) in [6.45, 7) is 5.75. The lowest BCUT2D eigenvalue weighted by Gasteiger charge is -2.48. The molecule has 10 heteroatoms. The topological polar surface area (TPSA) is 119 Å². The molecule has 0 aliphatic carbocycles. The van der Waals surface area contributed by atoms with E-state index in [1.165, 1.54) is 0 Å². The van der Waals surface area contributed by atoms with Gasteiger partial charge >= 0.3 is 0 Å². The summed E-state index contributed by atoms with van der Waals surface area (Å²) in [6.07, 6.45) is 3.29. The maximum absolute atomic E-state index is 14.0. The van der Waals surface area contributed by atoms with Crippen LogP contribution in [0.25, 0.3) is 0 Å². The van der Waals surface area contributed by atoms with Gasteiger partial charge in [0.1, 0.15) is 11.7 Å². The number of hydrogen-bond donors (Lipinski definition) is 1. The highest BCUT2D eigenvalue weighted by Crippen LogP contribution is 2.42. The molecule has 2 saturated heterocycles. The molecule has 190 valence electrons. The summed E-state index contributed by atoms with van der Waals surface area (Å²) < 4.78 is 0. The minimum absolute atomic E-state index is 0.0209. The summed E-state index contributed by atoms with van der Waals surface area (Å²) in [4.78, 5) is 26.9. The van der Waals surface area contributed by atoms with Gasteiger partial charge in [0, 0.05) is 62.0 Å². The number of pyridine rings is 2. The van der Waals surface area contributed by atoms with E-state index in [-0.39, 0.29) is 35.3 Å². The first-order chi connectivity index (χ1) is 17.8. The fourth-order valence-corrected chi connectivity index (χ4v) is 5.83. The average Bonchev–Trinajstić information content (AvgIpc) is 3.37. The lowest BCUT2D eigenvalue weighted by molar-refractivity contribution is -0.153. The fraction of sp³-hybridized carbons (Fsp3) is 0.407. The maximum Gasteiger partial charge on any atom is 0.228 e. The van der Waals surface area contributed by atoms with Gasteiger partial charge in [-0.05, 0) is 36.4 Å². The zero-order valence-corrected chi connectivity index (χ0v) is 21.5. The van der Waals surface area contributed by atoms with Gasteiger partial charge in [-0.2, -0.15) is 5.26 Å². The lowest BCUT2D eigenvalue weighted by Crippen LogP contribution is -2.57. The number of amides is 1. The summed E-state index contributed by atoms with van der Waals surface area (Å²) in [5, 5.41) is 29.4. The lowest BCUT2D eigenvalue weighted by atomic mass is 9.72. The third-order valence-electron chi connectivity index (χ3n) is 7.73. The SMILES string of the molecule is CC1CN(C(=O)C2CN(c3ccc(C#N)nn3)CC2c2ccc(Cl)cn2)CC(C)C1(O)c1ccccn1. The molecule has 5 heterocycles. The molecular formula is C27H28ClN7O2. The standard InChI is InChI=1S/C27H28ClN7O2/c1-17-13-35(14-18(2)27(17,37)24-5-3-4-10-30-24)26(36)22-16-34(25-9-7-20(11-29)32-33-25)15-21(22)23-8-6-19(28)12-31-23/h3-10,12,17-18,21-22,37H,13-16H2,1-2H3. The predicted molar refractivity (Wildman–Crippen MR) is 137 cm³/mol. The van der Waals surface area contributed by atoms with E-state index in [4.69, 9.17) is 16.9 Å². The summed E-state index contributed by atoms with van der Waals surface area (Å²) in [6, 6.07) is 14.6. The molecule has 0 saturated carbocycles. The third kappa shape index (κ3) is 4.63. The van der Waals surface area contributed by atoms with Gasteiger partial charge in [0.05, 0.1) is 16.6 Å². The van der Waals surface area contributed by atoms with Crippen LogP contribution in [0.2, 0.25) is 5.02 Å². The number of halogens is 1. The molecule has 0 bridgehead atoms. The van der Waals surface area contributed by atoms with Gasteiger partial charge in [-0.3, -0.25) is 14.8 Å². The molecule has 4 unspecified atom stereocenters. The van der Waals surface area contributed by atoms with E-state index in [2.05, 4.69) is 20.2 Å². The van der Waals surface area contributed by atoms with Crippen LogP contribution in [0.15, 0.2) is 54.9 Å². The summed E-state index contributed by atoms with van der Waals surface area (Å²) in [7, 11) is 0. The molecule has 0 aromatic carbocycles. The second kappa shape index (κ2) is 10.0. The van der Waals surface area contributed by atoms with Gasteiger partial charge in [0.15, 0.2) is 11.5 Å². The number of hydrogen-bond acceptors (Lipinski definition) is 8. The Kier molecular flexibility index (Phi) is 6.80. The number of nitriles is 1. The van der Waals surface area contributed by atoms with Crippen molar-refractivity contribution >= 4 is 23.3 Å². The van der Waals surface area contributed by atoms with E-state index in [1.54, 1.807) is 30.6 Å². The first kappa shape index (κ1) is 25.1. The minimum atomic E-state index is -1.12. The van der Waals surface area contributed by atoms with Crippen molar-refractivity contribution in [1.29, 1.82) is 5.26 Å². The highest BCUT2D eigenvalue weighted by Gasteiger charge is 2.50. The number of rotatable bonds is 4. The van der Waals surface area contributed by atoms with E-state index in [0.29, 0.717) is 42.7 Å². The van der Waals surface area contributed by atoms with Crippen LogP contribution in [0.1, 0.15) is 36.8 Å². The number of carbonyl (C=O) groups is 1. The van der Waals surface area contributed by atoms with Gasteiger partial charge < -0.3 is 14.9 Å². The Morgan fingerprint density at radius 2 is 1.84 bits per heavy atom. The Balaban J connectivity index is 1.41. The highest BCUT2D eigenvalue weighted by molar-refractivity contribution is 6.30. The molecule has 0 spiro atoms. The Labute approximate surface area is 220 Å². The molecule has 2 fully saturated rings. The van der Waals surface area contributed by atoms with Crippen LogP contribution >= 0.6 is 11.6 Å². The number of piperidine rings is 1. The normalized spacial score (nSPS) is 27.6. The van der Waals surface area contributed by atoms with Gasteiger partial charge in [0.2, 0.25) is 5.91 Å². The zero-order valence-electron chi connectivity index (χ0n) is 20.7. The van der Waals surface area contributed by atoms with Crippen molar-refractivity contribution in [3.63, 3.8) is 0 Å². The first-order valence-corrected chi connectivity index (χ1v) is 12.7. The summed E-state index contributed by atoms with van der Waals surface area (Å²) in [5.41, 5.74) is 0.546. The zero-order chi connectivity index (χ0) is 26.2. The second-order valence-corrected chi connectivity index (χ2v) is 10.4. The van der Waals surface area contributed by atoms with E-state index < -0.39 is 5.60 Å². The van der Waals surface area contributed by atoms with Crippen LogP contribution in [-0.2, 0) is 10.4 Å². The molecular weight excluding hydrogens is 490 g/mol. The Hall–Kier alpha value is -3.61. The van der Waals surface area contributed by atoms with Crippen molar-refractivity contribution in [2.45, 2.75) is 25.4 Å². The Morgan fingerprint density at radius 3 is 2.43 bits per heavy atom. The minimum Gasteiger partial charge on any atom is -0.383 e. The number of likely N-dealkylation sites (tertiary alicyclic amines) is 1. The van der Waals surface area contributed by atoms with Crippen molar-refractivity contribution in [3.05, 3.63) is 77.0 Å². The number of aliphatic hydroxyl groups is 1. The molecule has 1 N–H and O–H groups in total. The Morgan fingerprint density at radius 1 is 1.05 bits per heavy atom. The second-order valence-electron chi connectivity index (χ2n) is 9.99. The Bertz CT molecular complexity index is 1290. The average molecular weight is 518 g/mol. The van der Waals surface area contributed by atoms with E-state index >= 15 is 0 Å². The molecule has 4 atom stereocenters. The molecule has 5 rings (SSSR count). The third-order valence-corrected chi connectivity index (χ3v) is 7.96. The van der Waals surface area contributed by atoms with Crippen LogP contribution < -0.4 is 4.90 Å². The number of carbonyl (C=O) groups excluding carboxylic acids is 1. The highest BCUT2D eigenvalue weighted by atomic mass is 35.5. The van der Waals surface area contributed by atoms with Crippen LogP contribution in [0.4, 0.5) is 5.82 Å². The quantitative estimate of drug-likeness (QED) is 0.561. The van der Waals surface area contributed by atoms with E-state index in [0.717, 1.165) is 5.69 Å². The molecule has 2 aliphatic rings. The van der Waals surface area contributed by atoms with Crippen LogP contribution in [-0.4, -0.2) is 62.3 Å². The van der Waals surface area contributed by atoms with Crippen molar-refractivity contribution in [1.82, 2.24) is 25.1 Å². The van der Waals surface area contributed by atoms with Crippen LogP contribution in [0.5, 0.6) is 0 Å². The fourth-order valence-electron chi connectivity index (χ4n) is 5.72. The molecule has 9 nitrogen and oxygen atoms in total. The molecule has 1 amide bonds. The molecule has 0 radical (unpaired) electrons. The van der Waals surface area contributed by atoms with Crippen LogP contribution in [0, 0.1) is 29.1 Å². The van der Waals surface area contributed by atoms with Gasteiger partial charge in [-0.25, -0.2) is 0 Å². The van der Waals surface area contributed by atoms with Crippen molar-refractivity contribution in [2.75, 3.05) is 31.1 Å². The number of anilines is 1. The largest absolute Gasteiger partial charge is 0.383 e. The van der Waals surface area contributed by atoms with E-state index in [9.17, 15) is 9.90 Å². The number of nitrogens with zero attached hydrogens (tertiary/aromatic N) is 7. The van der Waals surface area contributed by atoms with Gasteiger partial charge in [-0.15, -0.1) is 10.2 Å². The summed E-state index contributed by atoms with van der Waals surface area (Å²) in [5.74, 6) is -0.324. The smallest absolute Gasteiger partial charge is 0.228 e. The van der Waals surface area contributed by atoms with Crippen molar-refractivity contribution in [2.24, 2.45) is 17.8 Å². The van der Waals surface area contributed by atoms with Crippen molar-refractivity contribution in [3.8, 4) is 6.07 Å². The maximum atomic E-state index is 14.0. The molecule has 37 heavy (non-hydrogen) atoms. The van der Waals surface area contributed by atoms with Gasteiger partial charge in [0.25, 0.3) is 0 Å². The summed E-state index contributed by atoms with van der Waals surface area (Å²) >= 11 is 6.08. The van der Waals surface area contributed by atoms with Crippen molar-refractivity contribution < 1.29 is 9.90 Å². The van der Waals surface area contributed by atoms with E-state index in [1.807, 2.05) is 54.0 Å². The van der Waals surface area contributed by atoms with Crippen LogP contribution in [0.3, 0.4) is 0 Å². The van der Waals surface area contributed by atoms with Gasteiger partial charge in [-0.1, -0.05) is 31.5 Å². The molecule has 2 aliphatic heterocycles. The number of aromatic nitrogens is 4. The monoisotopic (exact) mass is 517 g/mol. The molecule has 3 aromatic rings. The molecule has 3 aromatic heterocycles. The predicted octanol–water partition coefficient (Wildman–Crippen LogP) is 3.01.